The van der Waals surface area contributed by atoms with Gasteiger partial charge in [0, 0.05) is 5.56 Å². The molecule has 0 bridgehead atoms. The van der Waals surface area contributed by atoms with Crippen molar-refractivity contribution in [1.82, 2.24) is 0 Å². The molecule has 0 aromatic heterocycles. The second kappa shape index (κ2) is 5.67. The van der Waals surface area contributed by atoms with Gasteiger partial charge in [0.25, 0.3) is 0 Å². The lowest BCUT2D eigenvalue weighted by Gasteiger charge is -2.01. The Kier molecular flexibility index (Phi) is 3.56. The topological polar surface area (TPSA) is 32.4 Å². The number of rotatable bonds is 3. The van der Waals surface area contributed by atoms with Crippen LogP contribution in [0.3, 0.4) is 0 Å². The molecule has 1 aliphatic carbocycles. The van der Waals surface area contributed by atoms with Gasteiger partial charge in [-0.1, -0.05) is 58.1 Å². The van der Waals surface area contributed by atoms with Crippen LogP contribution in [-0.2, 0) is 0 Å². The van der Waals surface area contributed by atoms with Gasteiger partial charge in [-0.2, -0.15) is 0 Å². The highest BCUT2D eigenvalue weighted by molar-refractivity contribution is 5.97. The molecule has 3 nitrogen and oxygen atoms in total. The molecule has 0 aliphatic heterocycles. The SMILES string of the molecule is C/[N+](=C/c1ccc(/C=C2/C=Cc3ccccc32)cc1)N=O. The molecule has 2 aromatic carbocycles. The standard InChI is InChI=1S/C18H15N2O/c1-20(19-21)13-15-8-6-14(7-9-15)12-17-11-10-16-4-2-3-5-18(16)17/h2-13H,1H3/q+1/b17-12-,20-13-. The van der Waals surface area contributed by atoms with Crippen molar-refractivity contribution < 1.29 is 4.68 Å². The summed E-state index contributed by atoms with van der Waals surface area (Å²) in [6.45, 7) is 0. The summed E-state index contributed by atoms with van der Waals surface area (Å²) in [4.78, 5) is 10.4. The van der Waals surface area contributed by atoms with Gasteiger partial charge in [-0.15, -0.1) is 0 Å². The molecule has 0 N–H and O–H groups in total. The zero-order chi connectivity index (χ0) is 14.7. The van der Waals surface area contributed by atoms with Gasteiger partial charge in [0.2, 0.25) is 11.5 Å². The zero-order valence-electron chi connectivity index (χ0n) is 11.7. The largest absolute Gasteiger partial charge is 0.239 e. The molecule has 0 saturated heterocycles. The molecule has 0 amide bonds. The van der Waals surface area contributed by atoms with Crippen molar-refractivity contribution in [2.45, 2.75) is 0 Å². The second-order valence-electron chi connectivity index (χ2n) is 4.97. The summed E-state index contributed by atoms with van der Waals surface area (Å²) in [5, 5.41) is 2.82. The van der Waals surface area contributed by atoms with Crippen molar-refractivity contribution in [2.24, 2.45) is 5.29 Å². The molecule has 0 radical (unpaired) electrons. The Morgan fingerprint density at radius 3 is 2.43 bits per heavy atom. The zero-order valence-corrected chi connectivity index (χ0v) is 11.7. The van der Waals surface area contributed by atoms with Crippen molar-refractivity contribution in [1.29, 1.82) is 0 Å². The number of fused-ring (bicyclic) bond motifs is 1. The number of hydrogen-bond acceptors (Lipinski definition) is 2. The predicted molar refractivity (Wildman–Crippen MR) is 86.9 cm³/mol. The van der Waals surface area contributed by atoms with Crippen LogP contribution in [0.4, 0.5) is 0 Å². The van der Waals surface area contributed by atoms with Gasteiger partial charge in [-0.05, 0) is 40.5 Å². The summed E-state index contributed by atoms with van der Waals surface area (Å²) in [5.74, 6) is 0. The van der Waals surface area contributed by atoms with Crippen LogP contribution in [0.5, 0.6) is 0 Å². The molecule has 21 heavy (non-hydrogen) atoms. The van der Waals surface area contributed by atoms with Crippen molar-refractivity contribution in [3.8, 4) is 0 Å². The maximum absolute atomic E-state index is 10.4. The fourth-order valence-electron chi connectivity index (χ4n) is 2.40. The van der Waals surface area contributed by atoms with E-state index in [2.05, 4.69) is 41.7 Å². The van der Waals surface area contributed by atoms with Crippen molar-refractivity contribution in [3.63, 3.8) is 0 Å². The summed E-state index contributed by atoms with van der Waals surface area (Å²) < 4.78 is 1.25. The molecule has 0 saturated carbocycles. The Morgan fingerprint density at radius 2 is 1.67 bits per heavy atom. The van der Waals surface area contributed by atoms with E-state index in [1.807, 2.05) is 30.3 Å². The van der Waals surface area contributed by atoms with Gasteiger partial charge < -0.3 is 0 Å². The first-order chi connectivity index (χ1) is 10.3. The van der Waals surface area contributed by atoms with Gasteiger partial charge >= 0.3 is 0 Å². The Labute approximate surface area is 123 Å². The summed E-state index contributed by atoms with van der Waals surface area (Å²) in [6, 6.07) is 16.4. The van der Waals surface area contributed by atoms with Crippen molar-refractivity contribution >= 4 is 23.9 Å². The molecular formula is C18H15N2O+. The van der Waals surface area contributed by atoms with Crippen LogP contribution in [0.2, 0.25) is 0 Å². The fraction of sp³-hybridized carbons (Fsp3) is 0.0556. The minimum Gasteiger partial charge on any atom is -0.0804 e. The fourth-order valence-corrected chi connectivity index (χ4v) is 2.40. The Balaban J connectivity index is 1.88. The average molecular weight is 275 g/mol. The smallest absolute Gasteiger partial charge is 0.0804 e. The van der Waals surface area contributed by atoms with E-state index < -0.39 is 0 Å². The van der Waals surface area contributed by atoms with E-state index in [1.54, 1.807) is 13.3 Å². The number of hydrogen-bond donors (Lipinski definition) is 0. The normalized spacial score (nSPS) is 15.3. The van der Waals surface area contributed by atoms with E-state index in [0.717, 1.165) is 11.1 Å². The van der Waals surface area contributed by atoms with E-state index in [0.29, 0.717) is 0 Å². The first-order valence-electron chi connectivity index (χ1n) is 6.76. The Morgan fingerprint density at radius 1 is 0.952 bits per heavy atom. The number of benzene rings is 2. The van der Waals surface area contributed by atoms with Gasteiger partial charge in [0.1, 0.15) is 0 Å². The molecule has 2 aromatic rings. The third-order valence-corrected chi connectivity index (χ3v) is 3.44. The minimum atomic E-state index is 0.946. The van der Waals surface area contributed by atoms with Crippen LogP contribution >= 0.6 is 0 Å². The molecular weight excluding hydrogens is 260 g/mol. The lowest BCUT2D eigenvalue weighted by molar-refractivity contribution is -0.499. The molecule has 102 valence electrons. The maximum atomic E-state index is 10.4. The summed E-state index contributed by atoms with van der Waals surface area (Å²) in [7, 11) is 1.61. The number of nitroso groups, excluding NO2 is 1. The highest BCUT2D eigenvalue weighted by Crippen LogP contribution is 2.30. The van der Waals surface area contributed by atoms with E-state index in [-0.39, 0.29) is 0 Å². The molecule has 0 fully saturated rings. The van der Waals surface area contributed by atoms with Gasteiger partial charge in [-0.3, -0.25) is 0 Å². The van der Waals surface area contributed by atoms with Gasteiger partial charge in [-0.25, -0.2) is 0 Å². The van der Waals surface area contributed by atoms with Crippen LogP contribution in [0.1, 0.15) is 22.3 Å². The van der Waals surface area contributed by atoms with Gasteiger partial charge in [0.05, 0.1) is 0 Å². The molecule has 0 heterocycles. The quantitative estimate of drug-likeness (QED) is 0.361. The Bertz CT molecular complexity index is 768. The van der Waals surface area contributed by atoms with E-state index in [4.69, 9.17) is 0 Å². The van der Waals surface area contributed by atoms with Gasteiger partial charge in [0.15, 0.2) is 7.05 Å². The molecule has 3 heteroatoms. The molecule has 0 unspecified atom stereocenters. The van der Waals surface area contributed by atoms with Crippen LogP contribution in [-0.4, -0.2) is 17.9 Å². The third-order valence-electron chi connectivity index (χ3n) is 3.44. The predicted octanol–water partition coefficient (Wildman–Crippen LogP) is 4.00. The van der Waals surface area contributed by atoms with E-state index >= 15 is 0 Å². The molecule has 0 atom stereocenters. The van der Waals surface area contributed by atoms with Crippen molar-refractivity contribution in [3.05, 3.63) is 81.8 Å². The molecule has 0 spiro atoms. The lowest BCUT2D eigenvalue weighted by atomic mass is 10.0. The van der Waals surface area contributed by atoms with Crippen molar-refractivity contribution in [2.75, 3.05) is 7.05 Å². The monoisotopic (exact) mass is 275 g/mol. The Hall–Kier alpha value is -2.81. The minimum absolute atomic E-state index is 0.946. The summed E-state index contributed by atoms with van der Waals surface area (Å²) in [5.41, 5.74) is 5.81. The number of nitrogens with zero attached hydrogens (tertiary/aromatic N) is 2. The van der Waals surface area contributed by atoms with Crippen LogP contribution in [0.15, 0.2) is 59.9 Å². The highest BCUT2D eigenvalue weighted by Gasteiger charge is 2.08. The number of allylic oxidation sites excluding steroid dienone is 2. The molecule has 3 rings (SSSR count). The van der Waals surface area contributed by atoms with Crippen LogP contribution < -0.4 is 0 Å². The first kappa shape index (κ1) is 13.2. The highest BCUT2D eigenvalue weighted by atomic mass is 16.3. The summed E-state index contributed by atoms with van der Waals surface area (Å²) >= 11 is 0. The third kappa shape index (κ3) is 2.87. The van der Waals surface area contributed by atoms with E-state index in [1.165, 1.54) is 21.4 Å². The lowest BCUT2D eigenvalue weighted by Crippen LogP contribution is -1.97. The van der Waals surface area contributed by atoms with E-state index in [9.17, 15) is 4.91 Å². The first-order valence-corrected chi connectivity index (χ1v) is 6.76. The average Bonchev–Trinajstić information content (AvgIpc) is 2.92. The maximum Gasteiger partial charge on any atom is 0.239 e. The second-order valence-corrected chi connectivity index (χ2v) is 4.97. The van der Waals surface area contributed by atoms with Crippen LogP contribution in [0.25, 0.3) is 17.7 Å². The van der Waals surface area contributed by atoms with Crippen LogP contribution in [0, 0.1) is 4.91 Å². The summed E-state index contributed by atoms with van der Waals surface area (Å²) in [6.07, 6.45) is 8.12. The molecule has 1 aliphatic rings.